The van der Waals surface area contributed by atoms with Gasteiger partial charge in [0, 0.05) is 21.5 Å². The predicted octanol–water partition coefficient (Wildman–Crippen LogP) is 5.56. The normalized spacial score (nSPS) is 11.3. The van der Waals surface area contributed by atoms with E-state index < -0.39 is 6.04 Å². The summed E-state index contributed by atoms with van der Waals surface area (Å²) in [5, 5.41) is 12.3. The van der Waals surface area contributed by atoms with Crippen molar-refractivity contribution in [3.05, 3.63) is 89.4 Å². The highest BCUT2D eigenvalue weighted by Gasteiger charge is 2.16. The van der Waals surface area contributed by atoms with Gasteiger partial charge in [0.2, 0.25) is 23.8 Å². The lowest BCUT2D eigenvalue weighted by Gasteiger charge is -2.16. The Labute approximate surface area is 200 Å². The summed E-state index contributed by atoms with van der Waals surface area (Å²) in [5.41, 5.74) is 2.37. The first-order valence-electron chi connectivity index (χ1n) is 10.3. The number of benzene rings is 3. The molecule has 0 saturated heterocycles. The summed E-state index contributed by atoms with van der Waals surface area (Å²) < 4.78 is 0.939. The van der Waals surface area contributed by atoms with Gasteiger partial charge in [-0.25, -0.2) is 0 Å². The first kappa shape index (κ1) is 22.2. The van der Waals surface area contributed by atoms with Gasteiger partial charge in [-0.2, -0.15) is 15.0 Å². The molecule has 0 bridgehead atoms. The molecule has 0 fully saturated rings. The van der Waals surface area contributed by atoms with Crippen molar-refractivity contribution in [2.45, 2.75) is 13.0 Å². The van der Waals surface area contributed by atoms with Crippen molar-refractivity contribution >= 4 is 56.7 Å². The molecule has 1 unspecified atom stereocenters. The number of halogens is 1. The van der Waals surface area contributed by atoms with Gasteiger partial charge < -0.3 is 21.3 Å². The Morgan fingerprint density at radius 1 is 0.697 bits per heavy atom. The Bertz CT molecular complexity index is 1140. The molecule has 33 heavy (non-hydrogen) atoms. The minimum Gasteiger partial charge on any atom is -0.342 e. The van der Waals surface area contributed by atoms with E-state index in [4.69, 9.17) is 0 Å². The van der Waals surface area contributed by atoms with Crippen LogP contribution in [-0.2, 0) is 4.79 Å². The van der Waals surface area contributed by atoms with Gasteiger partial charge in [-0.3, -0.25) is 4.79 Å². The molecule has 4 N–H and O–H groups in total. The summed E-state index contributed by atoms with van der Waals surface area (Å²) in [4.78, 5) is 26.0. The van der Waals surface area contributed by atoms with E-state index >= 15 is 0 Å². The van der Waals surface area contributed by atoms with Crippen molar-refractivity contribution in [2.75, 3.05) is 21.3 Å². The summed E-state index contributed by atoms with van der Waals surface area (Å²) in [5.74, 6) is 0.739. The van der Waals surface area contributed by atoms with Crippen LogP contribution in [0.3, 0.4) is 0 Å². The molecular formula is C24H22BrN7O. The average Bonchev–Trinajstić information content (AvgIpc) is 2.82. The van der Waals surface area contributed by atoms with E-state index in [-0.39, 0.29) is 11.9 Å². The van der Waals surface area contributed by atoms with E-state index in [0.717, 1.165) is 15.8 Å². The third-order valence-electron chi connectivity index (χ3n) is 4.55. The van der Waals surface area contributed by atoms with Gasteiger partial charge in [-0.1, -0.05) is 52.3 Å². The highest BCUT2D eigenvalue weighted by atomic mass is 79.9. The summed E-state index contributed by atoms with van der Waals surface area (Å²) in [6, 6.07) is 26.0. The van der Waals surface area contributed by atoms with Crippen molar-refractivity contribution in [1.29, 1.82) is 0 Å². The lowest BCUT2D eigenvalue weighted by Crippen LogP contribution is -2.32. The molecule has 1 aromatic heterocycles. The van der Waals surface area contributed by atoms with Gasteiger partial charge in [-0.05, 0) is 55.5 Å². The molecule has 1 atom stereocenters. The van der Waals surface area contributed by atoms with E-state index in [0.29, 0.717) is 17.6 Å². The van der Waals surface area contributed by atoms with Crippen LogP contribution in [0.1, 0.15) is 6.92 Å². The van der Waals surface area contributed by atoms with Crippen molar-refractivity contribution < 1.29 is 4.79 Å². The Kier molecular flexibility index (Phi) is 7.11. The number of para-hydroxylation sites is 2. The number of nitrogens with one attached hydrogen (secondary N) is 4. The van der Waals surface area contributed by atoms with Crippen LogP contribution in [0, 0.1) is 0 Å². The number of carbonyl (C=O) groups is 1. The predicted molar refractivity (Wildman–Crippen MR) is 135 cm³/mol. The van der Waals surface area contributed by atoms with Crippen LogP contribution in [0.2, 0.25) is 0 Å². The first-order valence-corrected chi connectivity index (χ1v) is 11.1. The van der Waals surface area contributed by atoms with Crippen molar-refractivity contribution in [1.82, 2.24) is 15.0 Å². The second-order valence-electron chi connectivity index (χ2n) is 7.15. The Balaban J connectivity index is 1.53. The van der Waals surface area contributed by atoms with Crippen LogP contribution in [-0.4, -0.2) is 26.9 Å². The van der Waals surface area contributed by atoms with E-state index in [2.05, 4.69) is 52.1 Å². The van der Waals surface area contributed by atoms with Crippen molar-refractivity contribution in [2.24, 2.45) is 0 Å². The van der Waals surface area contributed by atoms with Crippen molar-refractivity contribution in [3.63, 3.8) is 0 Å². The number of amides is 1. The molecule has 0 aliphatic heterocycles. The monoisotopic (exact) mass is 503 g/mol. The molecule has 8 nitrogen and oxygen atoms in total. The fourth-order valence-electron chi connectivity index (χ4n) is 2.90. The number of carbonyl (C=O) groups excluding carboxylic acids is 1. The van der Waals surface area contributed by atoms with Crippen LogP contribution >= 0.6 is 15.9 Å². The number of hydrogen-bond donors (Lipinski definition) is 4. The molecule has 1 heterocycles. The summed E-state index contributed by atoms with van der Waals surface area (Å²) in [7, 11) is 0. The van der Waals surface area contributed by atoms with Gasteiger partial charge in [0.25, 0.3) is 0 Å². The molecule has 166 valence electrons. The zero-order valence-corrected chi connectivity index (χ0v) is 19.4. The first-order chi connectivity index (χ1) is 16.0. The molecule has 4 rings (SSSR count). The van der Waals surface area contributed by atoms with Crippen LogP contribution < -0.4 is 21.3 Å². The highest BCUT2D eigenvalue weighted by Crippen LogP contribution is 2.19. The van der Waals surface area contributed by atoms with E-state index in [1.54, 1.807) is 6.92 Å². The lowest BCUT2D eigenvalue weighted by atomic mass is 10.2. The largest absolute Gasteiger partial charge is 0.342 e. The summed E-state index contributed by atoms with van der Waals surface area (Å²) >= 11 is 3.39. The van der Waals surface area contributed by atoms with Crippen LogP contribution in [0.25, 0.3) is 0 Å². The van der Waals surface area contributed by atoms with E-state index in [9.17, 15) is 4.79 Å². The molecule has 0 aliphatic carbocycles. The third-order valence-corrected chi connectivity index (χ3v) is 5.07. The van der Waals surface area contributed by atoms with Gasteiger partial charge in [0.1, 0.15) is 6.04 Å². The number of anilines is 6. The fourth-order valence-corrected chi connectivity index (χ4v) is 3.16. The topological polar surface area (TPSA) is 104 Å². The Morgan fingerprint density at radius 2 is 1.18 bits per heavy atom. The average molecular weight is 504 g/mol. The molecule has 0 spiro atoms. The van der Waals surface area contributed by atoms with E-state index in [1.807, 2.05) is 84.9 Å². The maximum Gasteiger partial charge on any atom is 0.246 e. The fraction of sp³-hybridized carbons (Fsp3) is 0.0833. The third kappa shape index (κ3) is 6.50. The molecule has 3 aromatic carbocycles. The Hall–Kier alpha value is -3.98. The van der Waals surface area contributed by atoms with Crippen molar-refractivity contribution in [3.8, 4) is 0 Å². The second kappa shape index (κ2) is 10.6. The number of aromatic nitrogens is 3. The zero-order valence-electron chi connectivity index (χ0n) is 17.8. The molecule has 4 aromatic rings. The van der Waals surface area contributed by atoms with Gasteiger partial charge in [0.05, 0.1) is 0 Å². The smallest absolute Gasteiger partial charge is 0.246 e. The zero-order chi connectivity index (χ0) is 23.0. The second-order valence-corrected chi connectivity index (χ2v) is 8.07. The maximum absolute atomic E-state index is 12.7. The van der Waals surface area contributed by atoms with Crippen LogP contribution in [0.15, 0.2) is 89.4 Å². The molecule has 1 amide bonds. The molecule has 0 radical (unpaired) electrons. The lowest BCUT2D eigenvalue weighted by molar-refractivity contribution is -0.116. The molecular weight excluding hydrogens is 482 g/mol. The molecule has 9 heteroatoms. The molecule has 0 aliphatic rings. The summed E-state index contributed by atoms with van der Waals surface area (Å²) in [6.07, 6.45) is 0. The minimum absolute atomic E-state index is 0.215. The van der Waals surface area contributed by atoms with E-state index in [1.165, 1.54) is 0 Å². The number of rotatable bonds is 8. The van der Waals surface area contributed by atoms with Crippen LogP contribution in [0.4, 0.5) is 34.9 Å². The Morgan fingerprint density at radius 3 is 1.70 bits per heavy atom. The standard InChI is InChI=1S/C24H22BrN7O/c1-16(21(33)27-20-14-12-17(25)13-15-20)26-22-30-23(28-18-8-4-2-5-9-18)32-24(31-22)29-19-10-6-3-7-11-19/h2-16H,1H3,(H,27,33)(H3,26,28,29,30,31,32). The quantitative estimate of drug-likeness (QED) is 0.249. The highest BCUT2D eigenvalue weighted by molar-refractivity contribution is 9.10. The number of nitrogens with zero attached hydrogens (tertiary/aromatic N) is 3. The minimum atomic E-state index is -0.592. The number of hydrogen-bond acceptors (Lipinski definition) is 7. The van der Waals surface area contributed by atoms with Gasteiger partial charge in [-0.15, -0.1) is 0 Å². The summed E-state index contributed by atoms with van der Waals surface area (Å²) in [6.45, 7) is 1.74. The SMILES string of the molecule is CC(Nc1nc(Nc2ccccc2)nc(Nc2ccccc2)n1)C(=O)Nc1ccc(Br)cc1. The molecule has 0 saturated carbocycles. The maximum atomic E-state index is 12.7. The van der Waals surface area contributed by atoms with Gasteiger partial charge >= 0.3 is 0 Å². The van der Waals surface area contributed by atoms with Crippen LogP contribution in [0.5, 0.6) is 0 Å². The van der Waals surface area contributed by atoms with Gasteiger partial charge in [0.15, 0.2) is 0 Å².